The topological polar surface area (TPSA) is 0 Å². The molecule has 0 saturated carbocycles. The minimum atomic E-state index is 0. The van der Waals surface area contributed by atoms with Crippen molar-refractivity contribution in [1.82, 2.24) is 0 Å². The van der Waals surface area contributed by atoms with Crippen molar-refractivity contribution in [3.63, 3.8) is 0 Å². The van der Waals surface area contributed by atoms with Gasteiger partial charge in [0.25, 0.3) is 0 Å². The summed E-state index contributed by atoms with van der Waals surface area (Å²) < 4.78 is 0. The van der Waals surface area contributed by atoms with Crippen molar-refractivity contribution in [2.45, 2.75) is 0 Å². The summed E-state index contributed by atoms with van der Waals surface area (Å²) in [6.07, 6.45) is 0. The van der Waals surface area contributed by atoms with Gasteiger partial charge >= 0.3 is 0 Å². The second kappa shape index (κ2) is 16.6. The van der Waals surface area contributed by atoms with E-state index >= 15 is 0 Å². The van der Waals surface area contributed by atoms with Gasteiger partial charge < -0.3 is 0 Å². The molecule has 0 bridgehead atoms. The summed E-state index contributed by atoms with van der Waals surface area (Å²) in [6.45, 7) is 0. The maximum Gasteiger partial charge on any atom is 0 e. The maximum atomic E-state index is 0. The first-order valence-electron chi connectivity index (χ1n) is 0. The first kappa shape index (κ1) is 27.6. The van der Waals surface area contributed by atoms with Crippen LogP contribution in [0, 0.1) is 0 Å². The average molecular weight is 593 g/mol. The van der Waals surface area contributed by atoms with Crippen LogP contribution in [0.15, 0.2) is 0 Å². The zero-order chi connectivity index (χ0) is 0. The van der Waals surface area contributed by atoms with E-state index in [1.54, 1.807) is 0 Å². The maximum absolute atomic E-state index is 0. The van der Waals surface area contributed by atoms with E-state index in [1.807, 2.05) is 0 Å². The van der Waals surface area contributed by atoms with Gasteiger partial charge in [0.05, 0.1) is 0 Å². The van der Waals surface area contributed by atoms with E-state index < -0.39 is 0 Å². The first-order valence-corrected chi connectivity index (χ1v) is 0. The van der Waals surface area contributed by atoms with Crippen LogP contribution in [0.5, 0.6) is 0 Å². The number of rotatable bonds is 0. The van der Waals surface area contributed by atoms with Crippen molar-refractivity contribution in [2.24, 2.45) is 0 Å². The molecule has 0 nitrogen and oxygen atoms in total. The number of hydrogen-bond donors (Lipinski definition) is 0. The van der Waals surface area contributed by atoms with E-state index in [9.17, 15) is 0 Å². The summed E-state index contributed by atoms with van der Waals surface area (Å²) in [5.41, 5.74) is 0. The van der Waals surface area contributed by atoms with Crippen molar-refractivity contribution in [3.8, 4) is 0 Å². The Hall–Kier alpha value is 3.07. The van der Waals surface area contributed by atoms with Gasteiger partial charge in [0.15, 0.2) is 0 Å². The van der Waals surface area contributed by atoms with Gasteiger partial charge in [-0.15, -0.1) is 71.9 Å². The van der Waals surface area contributed by atoms with E-state index in [-0.39, 0.29) is 98.1 Å². The molecule has 0 saturated heterocycles. The van der Waals surface area contributed by atoms with E-state index in [0.29, 0.717) is 0 Å². The summed E-state index contributed by atoms with van der Waals surface area (Å²) in [4.78, 5) is 0. The van der Waals surface area contributed by atoms with Crippen molar-refractivity contribution in [2.75, 3.05) is 0 Å². The van der Waals surface area contributed by atoms with Crippen LogP contribution in [0.25, 0.3) is 0 Å². The molecule has 3 radical (unpaired) electrons. The number of halogens is 3. The zero-order valence-corrected chi connectivity index (χ0v) is 12.1. The molecule has 0 N–H and O–H groups in total. The van der Waals surface area contributed by atoms with Gasteiger partial charge in [-0.3, -0.25) is 0 Å². The molecule has 0 aromatic rings. The fraction of sp³-hybridized carbons (Fsp3) is 0. The molecule has 0 aliphatic heterocycles. The molecule has 0 amide bonds. The van der Waals surface area contributed by atoms with Gasteiger partial charge in [-0.2, -0.15) is 0 Å². The zero-order valence-electron chi connectivity index (χ0n) is 1.67. The second-order valence-corrected chi connectivity index (χ2v) is 0. The van der Waals surface area contributed by atoms with Gasteiger partial charge in [-0.1, -0.05) is 0 Å². The van der Waals surface area contributed by atoms with Crippen LogP contribution in [0.3, 0.4) is 0 Å². The largest absolute Gasteiger partial charge is 0.107 e. The molecule has 0 aliphatic rings. The van der Waals surface area contributed by atoms with Crippen LogP contribution in [-0.2, 0) is 0 Å². The fourth-order valence-electron chi connectivity index (χ4n) is 0. The minimum Gasteiger partial charge on any atom is -0.107 e. The van der Waals surface area contributed by atoms with Crippen LogP contribution >= 0.6 is 71.9 Å². The van der Waals surface area contributed by atoms with Crippen molar-refractivity contribution < 1.29 is 0 Å². The van der Waals surface area contributed by atoms with Gasteiger partial charge in [0, 0.05) is 26.2 Å². The molecule has 29 valence electrons. The Labute approximate surface area is 96.0 Å². The molecule has 0 spiro atoms. The van der Waals surface area contributed by atoms with Crippen LogP contribution in [0.1, 0.15) is 0 Å². The SMILES string of the molecule is I.I.I.[Bi]. The Balaban J connectivity index is 0. The van der Waals surface area contributed by atoms with Gasteiger partial charge in [-0.05, 0) is 0 Å². The van der Waals surface area contributed by atoms with Gasteiger partial charge in [0.1, 0.15) is 0 Å². The van der Waals surface area contributed by atoms with Crippen LogP contribution in [0.2, 0.25) is 0 Å². The van der Waals surface area contributed by atoms with Gasteiger partial charge in [-0.25, -0.2) is 0 Å². The summed E-state index contributed by atoms with van der Waals surface area (Å²) in [6, 6.07) is 0. The summed E-state index contributed by atoms with van der Waals surface area (Å²) in [7, 11) is 0. The summed E-state index contributed by atoms with van der Waals surface area (Å²) >= 11 is 0. The van der Waals surface area contributed by atoms with Gasteiger partial charge in [0.2, 0.25) is 0 Å². The third-order valence-corrected chi connectivity index (χ3v) is 0. The fourth-order valence-corrected chi connectivity index (χ4v) is 0. The predicted molar refractivity (Wildman–Crippen MR) is 52.0 cm³/mol. The molecule has 0 atom stereocenters. The normalized spacial score (nSPS) is 0. The quantitative estimate of drug-likeness (QED) is 0.296. The molecular weight excluding hydrogens is 590 g/mol. The number of hydrogen-bond acceptors (Lipinski definition) is 0. The molecule has 0 unspecified atom stereocenters. The molecule has 4 heteroatoms. The molecule has 0 aromatic carbocycles. The van der Waals surface area contributed by atoms with E-state index in [4.69, 9.17) is 0 Å². The van der Waals surface area contributed by atoms with Crippen molar-refractivity contribution >= 4 is 98.1 Å². The summed E-state index contributed by atoms with van der Waals surface area (Å²) in [5, 5.41) is 0. The Morgan fingerprint density at radius 2 is 0.500 bits per heavy atom. The standard InChI is InChI=1S/Bi.3HI/h;3*1H. The van der Waals surface area contributed by atoms with E-state index in [0.717, 1.165) is 0 Å². The Kier molecular flexibility index (Phi) is 114. The molecule has 0 aromatic heterocycles. The van der Waals surface area contributed by atoms with E-state index in [2.05, 4.69) is 0 Å². The molecule has 4 heavy (non-hydrogen) atoms. The van der Waals surface area contributed by atoms with Crippen molar-refractivity contribution in [3.05, 3.63) is 0 Å². The minimum absolute atomic E-state index is 0. The second-order valence-electron chi connectivity index (χ2n) is 0. The van der Waals surface area contributed by atoms with Crippen LogP contribution in [0.4, 0.5) is 0 Å². The molecular formula is H3BiI3. The molecule has 0 fully saturated rings. The van der Waals surface area contributed by atoms with E-state index in [1.165, 1.54) is 0 Å². The molecule has 0 rings (SSSR count). The monoisotopic (exact) mass is 593 g/mol. The third-order valence-electron chi connectivity index (χ3n) is 0. The molecule has 0 heterocycles. The Bertz CT molecular complexity index is 3.25. The molecule has 0 aliphatic carbocycles. The first-order chi connectivity index (χ1) is 0. The Morgan fingerprint density at radius 3 is 0.500 bits per heavy atom. The summed E-state index contributed by atoms with van der Waals surface area (Å²) in [5.74, 6) is 0. The Morgan fingerprint density at radius 1 is 0.500 bits per heavy atom. The van der Waals surface area contributed by atoms with Crippen LogP contribution in [-0.4, -0.2) is 26.2 Å². The van der Waals surface area contributed by atoms with Crippen molar-refractivity contribution in [1.29, 1.82) is 0 Å². The smallest absolute Gasteiger partial charge is 0 e. The third kappa shape index (κ3) is 8.91. The predicted octanol–water partition coefficient (Wildman–Crippen LogP) is 1.47. The van der Waals surface area contributed by atoms with Crippen LogP contribution < -0.4 is 0 Å². The average Bonchev–Trinajstić information content (AvgIpc) is 0.